The number of hydrogen-bond acceptors (Lipinski definition) is 3. The third-order valence-corrected chi connectivity index (χ3v) is 4.12. The molecule has 3 atom stereocenters. The molecule has 1 aliphatic heterocycles. The quantitative estimate of drug-likeness (QED) is 0.928. The van der Waals surface area contributed by atoms with Crippen LogP contribution in [0.3, 0.4) is 0 Å². The Bertz CT molecular complexity index is 394. The van der Waals surface area contributed by atoms with Gasteiger partial charge in [0.2, 0.25) is 0 Å². The first-order chi connectivity index (χ1) is 9.08. The zero-order valence-corrected chi connectivity index (χ0v) is 13.3. The zero-order chi connectivity index (χ0) is 13.8. The van der Waals surface area contributed by atoms with Crippen molar-refractivity contribution in [3.05, 3.63) is 34.3 Å². The number of hydrogen-bond donors (Lipinski definition) is 1. The fourth-order valence-electron chi connectivity index (χ4n) is 2.79. The van der Waals surface area contributed by atoms with E-state index in [0.717, 1.165) is 30.6 Å². The van der Waals surface area contributed by atoms with E-state index in [-0.39, 0.29) is 18.2 Å². The molecular weight excluding hydrogens is 304 g/mol. The summed E-state index contributed by atoms with van der Waals surface area (Å²) in [5, 5.41) is 0. The minimum Gasteiger partial charge on any atom is -0.377 e. The first-order valence-electron chi connectivity index (χ1n) is 6.94. The van der Waals surface area contributed by atoms with E-state index in [1.165, 1.54) is 5.56 Å². The van der Waals surface area contributed by atoms with Crippen molar-refractivity contribution in [2.24, 2.45) is 5.73 Å². The maximum absolute atomic E-state index is 6.24. The first kappa shape index (κ1) is 15.0. The van der Waals surface area contributed by atoms with Gasteiger partial charge in [-0.1, -0.05) is 28.1 Å². The highest BCUT2D eigenvalue weighted by Crippen LogP contribution is 2.26. The first-order valence-corrected chi connectivity index (χ1v) is 7.74. The largest absolute Gasteiger partial charge is 0.377 e. The van der Waals surface area contributed by atoms with Gasteiger partial charge in [0.15, 0.2) is 0 Å². The lowest BCUT2D eigenvalue weighted by Gasteiger charge is -2.34. The predicted molar refractivity (Wildman–Crippen MR) is 82.1 cm³/mol. The Balaban J connectivity index is 2.21. The number of ether oxygens (including phenoxy) is 1. The van der Waals surface area contributed by atoms with E-state index in [4.69, 9.17) is 10.5 Å². The molecule has 2 N–H and O–H groups in total. The van der Waals surface area contributed by atoms with E-state index in [9.17, 15) is 0 Å². The minimum atomic E-state index is 0.103. The van der Waals surface area contributed by atoms with Crippen LogP contribution in [0.1, 0.15) is 31.9 Å². The third-order valence-electron chi connectivity index (χ3n) is 3.59. The lowest BCUT2D eigenvalue weighted by Crippen LogP contribution is -2.42. The number of benzene rings is 1. The molecule has 106 valence electrons. The highest BCUT2D eigenvalue weighted by atomic mass is 79.9. The maximum atomic E-state index is 6.24. The van der Waals surface area contributed by atoms with Gasteiger partial charge in [0, 0.05) is 36.3 Å². The summed E-state index contributed by atoms with van der Waals surface area (Å²) in [4.78, 5) is 2.46. The smallest absolute Gasteiger partial charge is 0.0674 e. The number of halogens is 1. The minimum absolute atomic E-state index is 0.103. The molecular formula is C15H23BrN2O. The second-order valence-corrected chi connectivity index (χ2v) is 6.30. The summed E-state index contributed by atoms with van der Waals surface area (Å²) in [6, 6.07) is 8.86. The van der Waals surface area contributed by atoms with Crippen molar-refractivity contribution in [3.63, 3.8) is 0 Å². The Morgan fingerprint density at radius 3 is 2.68 bits per heavy atom. The zero-order valence-electron chi connectivity index (χ0n) is 11.7. The van der Waals surface area contributed by atoms with Crippen LogP contribution < -0.4 is 5.73 Å². The van der Waals surface area contributed by atoms with E-state index in [1.54, 1.807) is 0 Å². The molecule has 0 bridgehead atoms. The number of nitrogens with two attached hydrogens (primary N) is 1. The molecule has 0 radical (unpaired) electrons. The predicted octanol–water partition coefficient (Wildman–Crippen LogP) is 2.95. The van der Waals surface area contributed by atoms with E-state index in [1.807, 2.05) is 0 Å². The van der Waals surface area contributed by atoms with Gasteiger partial charge in [0.1, 0.15) is 0 Å². The van der Waals surface area contributed by atoms with Crippen LogP contribution in [0.25, 0.3) is 0 Å². The molecule has 0 spiro atoms. The normalized spacial score (nSPS) is 24.7. The van der Waals surface area contributed by atoms with Crippen LogP contribution in [-0.2, 0) is 4.74 Å². The van der Waals surface area contributed by atoms with Crippen molar-refractivity contribution in [3.8, 4) is 0 Å². The van der Waals surface area contributed by atoms with Crippen molar-refractivity contribution in [2.75, 3.05) is 19.7 Å². The van der Waals surface area contributed by atoms with Gasteiger partial charge in [-0.15, -0.1) is 0 Å². The summed E-state index contributed by atoms with van der Waals surface area (Å²) < 4.78 is 6.83. The van der Waals surface area contributed by atoms with Crippen molar-refractivity contribution < 1.29 is 4.74 Å². The van der Waals surface area contributed by atoms with E-state index >= 15 is 0 Å². The van der Waals surface area contributed by atoms with Crippen LogP contribution in [-0.4, -0.2) is 36.7 Å². The lowest BCUT2D eigenvalue weighted by atomic mass is 9.98. The van der Waals surface area contributed by atoms with Crippen molar-refractivity contribution in [1.82, 2.24) is 4.90 Å². The molecule has 19 heavy (non-hydrogen) atoms. The number of nitrogens with zero attached hydrogens (tertiary/aromatic N) is 1. The highest BCUT2D eigenvalue weighted by Gasteiger charge is 2.26. The van der Waals surface area contributed by atoms with Gasteiger partial charge in [-0.2, -0.15) is 0 Å². The second kappa shape index (κ2) is 6.84. The Morgan fingerprint density at radius 2 is 2.05 bits per heavy atom. The topological polar surface area (TPSA) is 38.5 Å². The number of rotatable bonds is 3. The van der Waals surface area contributed by atoms with E-state index in [0.29, 0.717) is 0 Å². The molecule has 0 aliphatic carbocycles. The Morgan fingerprint density at radius 1 is 1.37 bits per heavy atom. The molecule has 1 aromatic carbocycles. The van der Waals surface area contributed by atoms with E-state index in [2.05, 4.69) is 58.9 Å². The summed E-state index contributed by atoms with van der Waals surface area (Å²) in [6.07, 6.45) is 1.35. The lowest BCUT2D eigenvalue weighted by molar-refractivity contribution is 0.0583. The Kier molecular flexibility index (Phi) is 5.39. The average Bonchev–Trinajstić information content (AvgIpc) is 2.56. The summed E-state index contributed by atoms with van der Waals surface area (Å²) in [6.45, 7) is 7.07. The summed E-state index contributed by atoms with van der Waals surface area (Å²) in [5.41, 5.74) is 7.52. The summed E-state index contributed by atoms with van der Waals surface area (Å²) in [5.74, 6) is 0. The molecule has 0 aromatic heterocycles. The molecule has 1 aliphatic rings. The van der Waals surface area contributed by atoms with Gasteiger partial charge in [0.25, 0.3) is 0 Å². The van der Waals surface area contributed by atoms with Crippen LogP contribution in [0.15, 0.2) is 28.7 Å². The molecule has 1 heterocycles. The molecule has 1 aromatic rings. The molecule has 0 amide bonds. The second-order valence-electron chi connectivity index (χ2n) is 5.39. The van der Waals surface area contributed by atoms with Crippen LogP contribution in [0.5, 0.6) is 0 Å². The van der Waals surface area contributed by atoms with Crippen LogP contribution >= 0.6 is 15.9 Å². The molecule has 2 rings (SSSR count). The van der Waals surface area contributed by atoms with Crippen LogP contribution in [0.2, 0.25) is 0 Å². The fourth-order valence-corrected chi connectivity index (χ4v) is 3.05. The van der Waals surface area contributed by atoms with Crippen molar-refractivity contribution in [1.29, 1.82) is 0 Å². The molecule has 3 unspecified atom stereocenters. The monoisotopic (exact) mass is 326 g/mol. The molecule has 0 saturated carbocycles. The van der Waals surface area contributed by atoms with Gasteiger partial charge in [0.05, 0.1) is 6.10 Å². The standard InChI is InChI=1S/C15H23BrN2O/c1-11-10-18(8-3-9-19-11)15(12(2)17)13-4-6-14(16)7-5-13/h4-7,11-12,15H,3,8-10,17H2,1-2H3. The summed E-state index contributed by atoms with van der Waals surface area (Å²) >= 11 is 3.48. The molecule has 1 fully saturated rings. The van der Waals surface area contributed by atoms with Gasteiger partial charge < -0.3 is 10.5 Å². The Hall–Kier alpha value is -0.420. The Labute approximate surface area is 124 Å². The van der Waals surface area contributed by atoms with Gasteiger partial charge >= 0.3 is 0 Å². The van der Waals surface area contributed by atoms with Crippen molar-refractivity contribution >= 4 is 15.9 Å². The van der Waals surface area contributed by atoms with Gasteiger partial charge in [-0.25, -0.2) is 0 Å². The third kappa shape index (κ3) is 4.02. The van der Waals surface area contributed by atoms with Gasteiger partial charge in [-0.3, -0.25) is 4.90 Å². The SMILES string of the molecule is CC1CN(C(c2ccc(Br)cc2)C(C)N)CCCO1. The maximum Gasteiger partial charge on any atom is 0.0674 e. The van der Waals surface area contributed by atoms with Crippen LogP contribution in [0.4, 0.5) is 0 Å². The molecule has 3 nitrogen and oxygen atoms in total. The fraction of sp³-hybridized carbons (Fsp3) is 0.600. The average molecular weight is 327 g/mol. The highest BCUT2D eigenvalue weighted by molar-refractivity contribution is 9.10. The van der Waals surface area contributed by atoms with Gasteiger partial charge in [-0.05, 0) is 38.0 Å². The summed E-state index contributed by atoms with van der Waals surface area (Å²) in [7, 11) is 0. The molecule has 1 saturated heterocycles. The van der Waals surface area contributed by atoms with E-state index < -0.39 is 0 Å². The molecule has 4 heteroatoms. The van der Waals surface area contributed by atoms with Crippen molar-refractivity contribution in [2.45, 2.75) is 38.5 Å². The van der Waals surface area contributed by atoms with Crippen LogP contribution in [0, 0.1) is 0 Å².